The summed E-state index contributed by atoms with van der Waals surface area (Å²) in [4.78, 5) is 11.0. The number of rotatable bonds is 3. The Morgan fingerprint density at radius 1 is 1.33 bits per heavy atom. The van der Waals surface area contributed by atoms with Crippen LogP contribution in [-0.2, 0) is 0 Å². The van der Waals surface area contributed by atoms with Gasteiger partial charge in [0, 0.05) is 37.6 Å². The van der Waals surface area contributed by atoms with E-state index >= 15 is 0 Å². The molecule has 0 radical (unpaired) electrons. The molecule has 0 atom stereocenters. The fourth-order valence-corrected chi connectivity index (χ4v) is 2.16. The highest BCUT2D eigenvalue weighted by molar-refractivity contribution is 5.48. The SMILES string of the molecule is CC(C)Oc1nccnc1N1CCNC(C)(C)C1. The van der Waals surface area contributed by atoms with Crippen LogP contribution in [0.5, 0.6) is 5.88 Å². The lowest BCUT2D eigenvalue weighted by atomic mass is 10.0. The molecule has 1 aromatic heterocycles. The van der Waals surface area contributed by atoms with Gasteiger partial charge in [-0.15, -0.1) is 0 Å². The molecule has 2 rings (SSSR count). The zero-order valence-electron chi connectivity index (χ0n) is 11.6. The lowest BCUT2D eigenvalue weighted by Gasteiger charge is -2.39. The zero-order valence-corrected chi connectivity index (χ0v) is 11.6. The van der Waals surface area contributed by atoms with E-state index in [0.717, 1.165) is 25.5 Å². The molecule has 0 aliphatic carbocycles. The Kier molecular flexibility index (Phi) is 3.71. The van der Waals surface area contributed by atoms with E-state index in [1.807, 2.05) is 13.8 Å². The van der Waals surface area contributed by atoms with Crippen molar-refractivity contribution in [1.29, 1.82) is 0 Å². The van der Waals surface area contributed by atoms with Crippen LogP contribution in [0.1, 0.15) is 27.7 Å². The highest BCUT2D eigenvalue weighted by atomic mass is 16.5. The third-order valence-electron chi connectivity index (χ3n) is 2.86. The molecule has 0 bridgehead atoms. The van der Waals surface area contributed by atoms with Crippen molar-refractivity contribution in [3.63, 3.8) is 0 Å². The third-order valence-corrected chi connectivity index (χ3v) is 2.86. The molecule has 0 unspecified atom stereocenters. The molecule has 5 heteroatoms. The maximum atomic E-state index is 5.73. The first-order chi connectivity index (χ1) is 8.48. The van der Waals surface area contributed by atoms with Crippen molar-refractivity contribution < 1.29 is 4.74 Å². The summed E-state index contributed by atoms with van der Waals surface area (Å²) in [6.45, 7) is 11.2. The zero-order chi connectivity index (χ0) is 13.2. The Bertz CT molecular complexity index is 406. The normalized spacial score (nSPS) is 19.1. The third kappa shape index (κ3) is 3.10. The van der Waals surface area contributed by atoms with Crippen LogP contribution in [0.2, 0.25) is 0 Å². The molecule has 1 fully saturated rings. The molecule has 5 nitrogen and oxygen atoms in total. The molecule has 1 aliphatic rings. The lowest BCUT2D eigenvalue weighted by molar-refractivity contribution is 0.231. The smallest absolute Gasteiger partial charge is 0.257 e. The van der Waals surface area contributed by atoms with E-state index in [0.29, 0.717) is 5.88 Å². The maximum absolute atomic E-state index is 5.73. The summed E-state index contributed by atoms with van der Waals surface area (Å²) in [7, 11) is 0. The molecule has 1 aliphatic heterocycles. The topological polar surface area (TPSA) is 50.3 Å². The standard InChI is InChI=1S/C13H22N4O/c1-10(2)18-12-11(14-5-6-15-12)17-8-7-16-13(3,4)9-17/h5-6,10,16H,7-9H2,1-4H3. The summed E-state index contributed by atoms with van der Waals surface area (Å²) in [6, 6.07) is 0. The summed E-state index contributed by atoms with van der Waals surface area (Å²) >= 11 is 0. The van der Waals surface area contributed by atoms with Gasteiger partial charge in [-0.25, -0.2) is 9.97 Å². The van der Waals surface area contributed by atoms with Gasteiger partial charge in [-0.2, -0.15) is 0 Å². The predicted molar refractivity (Wildman–Crippen MR) is 72.1 cm³/mol. The van der Waals surface area contributed by atoms with Crippen molar-refractivity contribution in [1.82, 2.24) is 15.3 Å². The van der Waals surface area contributed by atoms with Crippen molar-refractivity contribution in [3.8, 4) is 5.88 Å². The van der Waals surface area contributed by atoms with Gasteiger partial charge in [0.15, 0.2) is 5.82 Å². The highest BCUT2D eigenvalue weighted by Gasteiger charge is 2.28. The molecule has 0 spiro atoms. The first kappa shape index (κ1) is 13.1. The van der Waals surface area contributed by atoms with E-state index in [1.165, 1.54) is 0 Å². The molecule has 18 heavy (non-hydrogen) atoms. The van der Waals surface area contributed by atoms with E-state index in [4.69, 9.17) is 4.74 Å². The highest BCUT2D eigenvalue weighted by Crippen LogP contribution is 2.26. The van der Waals surface area contributed by atoms with Crippen LogP contribution in [0.15, 0.2) is 12.4 Å². The fraction of sp³-hybridized carbons (Fsp3) is 0.692. The summed E-state index contributed by atoms with van der Waals surface area (Å²) in [5.74, 6) is 1.48. The molecule has 100 valence electrons. The van der Waals surface area contributed by atoms with Crippen molar-refractivity contribution in [2.75, 3.05) is 24.5 Å². The van der Waals surface area contributed by atoms with Crippen LogP contribution in [0.3, 0.4) is 0 Å². The number of hydrogen-bond donors (Lipinski definition) is 1. The van der Waals surface area contributed by atoms with Gasteiger partial charge < -0.3 is 15.0 Å². The summed E-state index contributed by atoms with van der Waals surface area (Å²) in [5.41, 5.74) is 0.0882. The molecule has 0 aromatic carbocycles. The van der Waals surface area contributed by atoms with E-state index in [9.17, 15) is 0 Å². The minimum Gasteiger partial charge on any atom is -0.472 e. The predicted octanol–water partition coefficient (Wildman–Crippen LogP) is 1.45. The molecule has 1 N–H and O–H groups in total. The average Bonchev–Trinajstić information content (AvgIpc) is 2.27. The molecule has 0 saturated carbocycles. The Hall–Kier alpha value is -1.36. The van der Waals surface area contributed by atoms with Crippen LogP contribution in [-0.4, -0.2) is 41.2 Å². The Morgan fingerprint density at radius 3 is 2.72 bits per heavy atom. The van der Waals surface area contributed by atoms with Gasteiger partial charge in [-0.3, -0.25) is 0 Å². The second-order valence-electron chi connectivity index (χ2n) is 5.58. The van der Waals surface area contributed by atoms with Crippen LogP contribution in [0.25, 0.3) is 0 Å². The number of piperazine rings is 1. The first-order valence-corrected chi connectivity index (χ1v) is 6.45. The van der Waals surface area contributed by atoms with Gasteiger partial charge in [-0.05, 0) is 27.7 Å². The summed E-state index contributed by atoms with van der Waals surface area (Å²) in [6.07, 6.45) is 3.50. The van der Waals surface area contributed by atoms with Crippen LogP contribution in [0.4, 0.5) is 5.82 Å². The molecule has 1 aromatic rings. The second-order valence-corrected chi connectivity index (χ2v) is 5.58. The van der Waals surface area contributed by atoms with Gasteiger partial charge in [-0.1, -0.05) is 0 Å². The summed E-state index contributed by atoms with van der Waals surface area (Å²) in [5, 5.41) is 3.49. The monoisotopic (exact) mass is 250 g/mol. The number of aromatic nitrogens is 2. The number of ether oxygens (including phenoxy) is 1. The number of anilines is 1. The minimum absolute atomic E-state index is 0.0882. The maximum Gasteiger partial charge on any atom is 0.257 e. The quantitative estimate of drug-likeness (QED) is 0.880. The molecular formula is C13H22N4O. The van der Waals surface area contributed by atoms with Crippen LogP contribution < -0.4 is 15.0 Å². The van der Waals surface area contributed by atoms with Gasteiger partial charge in [0.05, 0.1) is 6.10 Å². The minimum atomic E-state index is 0.0882. The van der Waals surface area contributed by atoms with Gasteiger partial charge in [0.2, 0.25) is 0 Å². The van der Waals surface area contributed by atoms with Gasteiger partial charge in [0.25, 0.3) is 5.88 Å². The molecule has 2 heterocycles. The van der Waals surface area contributed by atoms with Crippen molar-refractivity contribution in [2.24, 2.45) is 0 Å². The fourth-order valence-electron chi connectivity index (χ4n) is 2.16. The van der Waals surface area contributed by atoms with Crippen molar-refractivity contribution >= 4 is 5.82 Å². The Morgan fingerprint density at radius 2 is 2.06 bits per heavy atom. The van der Waals surface area contributed by atoms with E-state index in [1.54, 1.807) is 12.4 Å². The molecule has 1 saturated heterocycles. The lowest BCUT2D eigenvalue weighted by Crippen LogP contribution is -2.57. The Labute approximate surface area is 109 Å². The number of nitrogens with one attached hydrogen (secondary N) is 1. The number of hydrogen-bond acceptors (Lipinski definition) is 5. The number of nitrogens with zero attached hydrogens (tertiary/aromatic N) is 3. The van der Waals surface area contributed by atoms with E-state index in [-0.39, 0.29) is 11.6 Å². The first-order valence-electron chi connectivity index (χ1n) is 6.45. The van der Waals surface area contributed by atoms with Crippen molar-refractivity contribution in [3.05, 3.63) is 12.4 Å². The Balaban J connectivity index is 2.21. The molecular weight excluding hydrogens is 228 g/mol. The van der Waals surface area contributed by atoms with E-state index in [2.05, 4.69) is 34.0 Å². The average molecular weight is 250 g/mol. The molecule has 0 amide bonds. The largest absolute Gasteiger partial charge is 0.472 e. The summed E-state index contributed by atoms with van der Waals surface area (Å²) < 4.78 is 5.73. The van der Waals surface area contributed by atoms with Crippen molar-refractivity contribution in [2.45, 2.75) is 39.3 Å². The second kappa shape index (κ2) is 5.10. The van der Waals surface area contributed by atoms with Crippen LogP contribution in [0, 0.1) is 0 Å². The van der Waals surface area contributed by atoms with E-state index < -0.39 is 0 Å². The van der Waals surface area contributed by atoms with Crippen LogP contribution >= 0.6 is 0 Å². The van der Waals surface area contributed by atoms with Gasteiger partial charge >= 0.3 is 0 Å². The van der Waals surface area contributed by atoms with Gasteiger partial charge in [0.1, 0.15) is 0 Å².